The zero-order valence-electron chi connectivity index (χ0n) is 10.9. The molecule has 1 heterocycles. The Morgan fingerprint density at radius 3 is 2.78 bits per heavy atom. The number of hydrogen-bond donors (Lipinski definition) is 1. The monoisotopic (exact) mass is 313 g/mol. The molecule has 1 fully saturated rings. The number of amides is 1. The Kier molecular flexibility index (Phi) is 4.10. The first-order valence-electron chi connectivity index (χ1n) is 6.42. The van der Waals surface area contributed by atoms with Crippen LogP contribution in [0.3, 0.4) is 0 Å². The molecule has 0 aliphatic heterocycles. The maximum atomic E-state index is 12.2. The van der Waals surface area contributed by atoms with Gasteiger partial charge in [-0.2, -0.15) is 5.10 Å². The van der Waals surface area contributed by atoms with Gasteiger partial charge in [-0.1, -0.05) is 22.9 Å². The Labute approximate surface area is 116 Å². The maximum absolute atomic E-state index is 12.2. The largest absolute Gasteiger partial charge is 0.346 e. The fourth-order valence-corrected chi connectivity index (χ4v) is 3.16. The highest BCUT2D eigenvalue weighted by molar-refractivity contribution is 9.09. The molecule has 0 radical (unpaired) electrons. The van der Waals surface area contributed by atoms with Gasteiger partial charge in [0.05, 0.1) is 17.3 Å². The second kappa shape index (κ2) is 5.43. The van der Waals surface area contributed by atoms with E-state index in [0.717, 1.165) is 24.1 Å². The minimum atomic E-state index is -0.0839. The maximum Gasteiger partial charge on any atom is 0.254 e. The van der Waals surface area contributed by atoms with E-state index in [1.165, 1.54) is 12.8 Å². The predicted octanol–water partition coefficient (Wildman–Crippen LogP) is 2.49. The Hall–Kier alpha value is -0.840. The van der Waals surface area contributed by atoms with Gasteiger partial charge < -0.3 is 5.32 Å². The van der Waals surface area contributed by atoms with Crippen molar-refractivity contribution in [3.8, 4) is 0 Å². The fraction of sp³-hybridized carbons (Fsp3) is 0.692. The predicted molar refractivity (Wildman–Crippen MR) is 74.8 cm³/mol. The molecule has 0 unspecified atom stereocenters. The van der Waals surface area contributed by atoms with E-state index in [2.05, 4.69) is 33.3 Å². The molecule has 0 aromatic carbocycles. The van der Waals surface area contributed by atoms with Crippen molar-refractivity contribution in [1.29, 1.82) is 0 Å². The van der Waals surface area contributed by atoms with Crippen LogP contribution in [0.5, 0.6) is 0 Å². The van der Waals surface area contributed by atoms with Gasteiger partial charge in [-0.05, 0) is 31.6 Å². The quantitative estimate of drug-likeness (QED) is 0.871. The number of carbonyl (C=O) groups is 1. The van der Waals surface area contributed by atoms with Crippen LogP contribution in [-0.4, -0.2) is 26.6 Å². The zero-order chi connectivity index (χ0) is 13.2. The number of hydrogen-bond acceptors (Lipinski definition) is 2. The van der Waals surface area contributed by atoms with E-state index >= 15 is 0 Å². The molecule has 1 aliphatic rings. The molecule has 0 atom stereocenters. The molecular formula is C13H20BrN3O. The summed E-state index contributed by atoms with van der Waals surface area (Å²) >= 11 is 3.56. The smallest absolute Gasteiger partial charge is 0.254 e. The first-order valence-corrected chi connectivity index (χ1v) is 7.54. The van der Waals surface area contributed by atoms with Crippen LogP contribution >= 0.6 is 15.9 Å². The molecular weight excluding hydrogens is 294 g/mol. The number of aromatic nitrogens is 2. The van der Waals surface area contributed by atoms with E-state index in [1.807, 2.05) is 7.05 Å². The van der Waals surface area contributed by atoms with Crippen molar-refractivity contribution in [3.63, 3.8) is 0 Å². The third-order valence-electron chi connectivity index (χ3n) is 3.83. The van der Waals surface area contributed by atoms with E-state index in [4.69, 9.17) is 0 Å². The Morgan fingerprint density at radius 2 is 2.28 bits per heavy atom. The van der Waals surface area contributed by atoms with E-state index in [-0.39, 0.29) is 11.4 Å². The van der Waals surface area contributed by atoms with Gasteiger partial charge in [0.1, 0.15) is 0 Å². The Morgan fingerprint density at radius 1 is 1.61 bits per heavy atom. The number of aryl methyl sites for hydroxylation is 1. The number of nitrogens with zero attached hydrogens (tertiary/aromatic N) is 2. The molecule has 5 heteroatoms. The molecule has 100 valence electrons. The van der Waals surface area contributed by atoms with Gasteiger partial charge in [-0.15, -0.1) is 0 Å². The molecule has 1 amide bonds. The average molecular weight is 314 g/mol. The highest BCUT2D eigenvalue weighted by Crippen LogP contribution is 2.33. The highest BCUT2D eigenvalue weighted by atomic mass is 79.9. The van der Waals surface area contributed by atoms with Crippen LogP contribution in [0.15, 0.2) is 12.4 Å². The molecule has 1 aromatic rings. The summed E-state index contributed by atoms with van der Waals surface area (Å²) in [5, 5.41) is 8.05. The minimum absolute atomic E-state index is 0.0166. The van der Waals surface area contributed by atoms with Gasteiger partial charge in [0.2, 0.25) is 0 Å². The van der Waals surface area contributed by atoms with Crippen molar-refractivity contribution in [1.82, 2.24) is 15.1 Å². The molecule has 1 aromatic heterocycles. The molecule has 1 saturated carbocycles. The summed E-state index contributed by atoms with van der Waals surface area (Å²) in [5.41, 5.74) is 0.552. The molecule has 1 aliphatic carbocycles. The van der Waals surface area contributed by atoms with Crippen LogP contribution in [0.4, 0.5) is 0 Å². The summed E-state index contributed by atoms with van der Waals surface area (Å²) < 4.78 is 1.65. The van der Waals surface area contributed by atoms with Crippen LogP contribution < -0.4 is 5.32 Å². The summed E-state index contributed by atoms with van der Waals surface area (Å²) in [5.74, 6) is 0.754. The molecule has 0 saturated heterocycles. The van der Waals surface area contributed by atoms with Gasteiger partial charge in [0, 0.05) is 18.6 Å². The van der Waals surface area contributed by atoms with Crippen molar-refractivity contribution >= 4 is 21.8 Å². The second-order valence-corrected chi connectivity index (χ2v) is 6.01. The van der Waals surface area contributed by atoms with E-state index in [9.17, 15) is 4.79 Å². The lowest BCUT2D eigenvalue weighted by Crippen LogP contribution is -2.51. The topological polar surface area (TPSA) is 46.9 Å². The highest BCUT2D eigenvalue weighted by Gasteiger charge is 2.34. The lowest BCUT2D eigenvalue weighted by atomic mass is 9.78. The molecule has 4 nitrogen and oxygen atoms in total. The summed E-state index contributed by atoms with van der Waals surface area (Å²) in [6, 6.07) is 0. The normalized spacial score (nSPS) is 28.1. The Bertz CT molecular complexity index is 422. The van der Waals surface area contributed by atoms with Gasteiger partial charge in [0.15, 0.2) is 0 Å². The van der Waals surface area contributed by atoms with Crippen LogP contribution in [0, 0.1) is 5.92 Å². The summed E-state index contributed by atoms with van der Waals surface area (Å²) in [6.07, 6.45) is 7.82. The summed E-state index contributed by atoms with van der Waals surface area (Å²) in [6.45, 7) is 2.28. The van der Waals surface area contributed by atoms with E-state index in [0.29, 0.717) is 5.56 Å². The van der Waals surface area contributed by atoms with E-state index < -0.39 is 0 Å². The van der Waals surface area contributed by atoms with Crippen LogP contribution in [0.2, 0.25) is 0 Å². The van der Waals surface area contributed by atoms with E-state index in [1.54, 1.807) is 17.1 Å². The van der Waals surface area contributed by atoms with Crippen molar-refractivity contribution < 1.29 is 4.79 Å². The van der Waals surface area contributed by atoms with Crippen molar-refractivity contribution in [2.75, 3.05) is 5.33 Å². The van der Waals surface area contributed by atoms with Crippen molar-refractivity contribution in [3.05, 3.63) is 18.0 Å². The number of nitrogens with one attached hydrogen (secondary N) is 1. The third-order valence-corrected chi connectivity index (χ3v) is 4.91. The van der Waals surface area contributed by atoms with Crippen LogP contribution in [0.25, 0.3) is 0 Å². The number of halogens is 1. The molecule has 2 rings (SSSR count). The number of rotatable bonds is 3. The standard InChI is InChI=1S/C13H20BrN3O/c1-10-3-5-13(9-14,6-4-10)16-12(18)11-7-15-17(2)8-11/h7-8,10H,3-6,9H2,1-2H3,(H,16,18). The zero-order valence-corrected chi connectivity index (χ0v) is 12.5. The summed E-state index contributed by atoms with van der Waals surface area (Å²) in [7, 11) is 1.82. The van der Waals surface area contributed by atoms with Gasteiger partial charge in [-0.3, -0.25) is 9.48 Å². The lowest BCUT2D eigenvalue weighted by molar-refractivity contribution is 0.0874. The second-order valence-electron chi connectivity index (χ2n) is 5.45. The van der Waals surface area contributed by atoms with Crippen LogP contribution in [-0.2, 0) is 7.05 Å². The third kappa shape index (κ3) is 2.94. The minimum Gasteiger partial charge on any atom is -0.346 e. The van der Waals surface area contributed by atoms with Gasteiger partial charge in [0.25, 0.3) is 5.91 Å². The summed E-state index contributed by atoms with van der Waals surface area (Å²) in [4.78, 5) is 12.2. The van der Waals surface area contributed by atoms with Crippen molar-refractivity contribution in [2.24, 2.45) is 13.0 Å². The SMILES string of the molecule is CC1CCC(CBr)(NC(=O)c2cnn(C)c2)CC1. The van der Waals surface area contributed by atoms with Crippen LogP contribution in [0.1, 0.15) is 43.0 Å². The fourth-order valence-electron chi connectivity index (χ4n) is 2.46. The van der Waals surface area contributed by atoms with Crippen molar-refractivity contribution in [2.45, 2.75) is 38.1 Å². The molecule has 1 N–H and O–H groups in total. The number of alkyl halides is 1. The Balaban J connectivity index is 2.04. The molecule has 0 spiro atoms. The number of carbonyl (C=O) groups excluding carboxylic acids is 1. The lowest BCUT2D eigenvalue weighted by Gasteiger charge is -2.38. The first kappa shape index (κ1) is 13.6. The first-order chi connectivity index (χ1) is 8.54. The average Bonchev–Trinajstić information content (AvgIpc) is 2.79. The van der Waals surface area contributed by atoms with Gasteiger partial charge >= 0.3 is 0 Å². The molecule has 0 bridgehead atoms. The molecule has 18 heavy (non-hydrogen) atoms. The van der Waals surface area contributed by atoms with Gasteiger partial charge in [-0.25, -0.2) is 0 Å².